The van der Waals surface area contributed by atoms with Crippen molar-refractivity contribution < 1.29 is 98.5 Å². The first-order valence-electron chi connectivity index (χ1n) is 25.8. The van der Waals surface area contributed by atoms with Crippen molar-refractivity contribution in [1.82, 2.24) is 29.4 Å². The molecule has 2 heterocycles. The number of anilines is 2. The Morgan fingerprint density at radius 1 is 0.646 bits per heavy atom. The number of rotatable bonds is 22. The van der Waals surface area contributed by atoms with Crippen molar-refractivity contribution in [3.63, 3.8) is 0 Å². The number of sulfonamides is 2. The summed E-state index contributed by atoms with van der Waals surface area (Å²) in [5.41, 5.74) is 6.85. The van der Waals surface area contributed by atoms with Crippen LogP contribution in [0.4, 0.5) is 16.0 Å². The molecule has 79 heavy (non-hydrogen) atoms. The molecule has 22 heteroatoms. The van der Waals surface area contributed by atoms with Crippen LogP contribution in [0.1, 0.15) is 75.5 Å². The molecule has 0 saturated heterocycles. The van der Waals surface area contributed by atoms with Gasteiger partial charge < -0.3 is 24.7 Å². The minimum Gasteiger partial charge on any atom is -0.850 e. The van der Waals surface area contributed by atoms with Gasteiger partial charge in [-0.25, -0.2) is 26.8 Å². The van der Waals surface area contributed by atoms with E-state index in [1.807, 2.05) is 114 Å². The van der Waals surface area contributed by atoms with Crippen molar-refractivity contribution in [2.75, 3.05) is 67.7 Å². The maximum atomic E-state index is 11.5. The van der Waals surface area contributed by atoms with Crippen molar-refractivity contribution in [3.8, 4) is 45.0 Å². The van der Waals surface area contributed by atoms with Crippen LogP contribution < -0.4 is 75.7 Å². The van der Waals surface area contributed by atoms with Gasteiger partial charge in [0.1, 0.15) is 18.2 Å². The zero-order chi connectivity index (χ0) is 59.0. The van der Waals surface area contributed by atoms with Crippen LogP contribution in [0.25, 0.3) is 45.0 Å². The normalized spacial score (nSPS) is 11.1. The third-order valence-electron chi connectivity index (χ3n) is 10.2. The Labute approximate surface area is 520 Å². The second-order valence-corrected chi connectivity index (χ2v) is 23.0. The fraction of sp³-hybridized carbons (Fsp3) is 0.404. The van der Waals surface area contributed by atoms with Crippen LogP contribution >= 0.6 is 15.9 Å². The third kappa shape index (κ3) is 30.2. The van der Waals surface area contributed by atoms with E-state index < -0.39 is 44.6 Å². The summed E-state index contributed by atoms with van der Waals surface area (Å²) in [6.45, 7) is 15.3. The number of unbranched alkanes of at least 4 members (excludes halogenated alkanes) is 2. The first-order valence-corrected chi connectivity index (χ1v) is 30.0. The summed E-state index contributed by atoms with van der Waals surface area (Å²) in [4.78, 5) is 45.9. The van der Waals surface area contributed by atoms with Crippen LogP contribution in [0.2, 0.25) is 0 Å². The third-order valence-corrected chi connectivity index (χ3v) is 11.9. The maximum Gasteiger partial charge on any atom is 1.00 e. The molecule has 3 N–H and O–H groups in total. The standard InChI is InChI=1S/C26H32N4O4S.C23H27N3O.C4H9O.C3H6BrNO3S.CH3F.K/c1-20(2)30(16-10-11-17-34-19-24(31)29-35(3,32)33)23-18-27-25(21-12-6-4-7-13-21)26(28-23)22-14-8-5-9-15-22;1-18(2)26(15-9-10-16-27)21-17-24-22(19-11-5-3-6-12-19)23(25-21)20-13-7-4-8-14-20;1-4(2,3)5;1-9(7,8)5-3(6)2-4;1-2;/h4-9,12-15,18,20H,10-11,16-17,19H2,1-3H3,(H,29,31);3-8,11-14,17-18,27H,9-10,15-16H2,1-2H3;1-3H3;2H2,1H3,(H,5,6);1H3;/q;;-1;;;+1/i;;;;1D;. The molecule has 0 fully saturated rings. The van der Waals surface area contributed by atoms with Crippen molar-refractivity contribution in [3.05, 3.63) is 134 Å². The molecule has 2 amide bonds. The van der Waals surface area contributed by atoms with Crippen LogP contribution in [0, 0.1) is 0 Å². The van der Waals surface area contributed by atoms with Gasteiger partial charge in [0.05, 0.1) is 61.5 Å². The number of aromatic nitrogens is 4. The van der Waals surface area contributed by atoms with Gasteiger partial charge in [-0.2, -0.15) is 0 Å². The number of ether oxygens (including phenoxy) is 1. The zero-order valence-corrected chi connectivity index (χ0v) is 53.4. The van der Waals surface area contributed by atoms with Crippen molar-refractivity contribution in [1.29, 1.82) is 0 Å². The maximum absolute atomic E-state index is 11.5. The SMILES string of the molecule is CC(C)(C)[O-].CC(C)N(CCCCO)c1cnc(-c2ccccc2)c(-c2ccccc2)n1.CC(C)N(CCCCOCC(=O)NS(C)(=O)=O)c1cnc(-c2ccccc2)c(-c2ccccc2)n1.CS(=O)(=O)NC(=O)CBr.[2H]CF.[K+]. The number of aliphatic hydroxyl groups excluding tert-OH is 1. The number of carbonyl (C=O) groups excluding carboxylic acids is 2. The Balaban J connectivity index is 0.000000625. The van der Waals surface area contributed by atoms with Crippen LogP contribution in [0.3, 0.4) is 0 Å². The number of benzene rings is 4. The van der Waals surface area contributed by atoms with Gasteiger partial charge in [0, 0.05) is 60.6 Å². The Morgan fingerprint density at radius 3 is 1.25 bits per heavy atom. The van der Waals surface area contributed by atoms with Gasteiger partial charge >= 0.3 is 51.4 Å². The van der Waals surface area contributed by atoms with Crippen molar-refractivity contribution >= 4 is 59.4 Å². The number of nitrogens with one attached hydrogen (secondary N) is 2. The van der Waals surface area contributed by atoms with Crippen molar-refractivity contribution in [2.24, 2.45) is 0 Å². The zero-order valence-electron chi connectivity index (χ0n) is 48.1. The van der Waals surface area contributed by atoms with E-state index in [-0.39, 0.29) is 76.0 Å². The minimum absolute atomic E-state index is 0. The summed E-state index contributed by atoms with van der Waals surface area (Å²) >= 11 is 2.79. The molecule has 0 atom stereocenters. The summed E-state index contributed by atoms with van der Waals surface area (Å²) in [7, 11) is -7.93. The summed E-state index contributed by atoms with van der Waals surface area (Å²) in [5, 5.41) is 19.2. The number of halogens is 2. The number of hydrogen-bond donors (Lipinski definition) is 3. The van der Waals surface area contributed by atoms with Gasteiger partial charge in [-0.15, -0.1) is 5.60 Å². The average molecular weight is 1220 g/mol. The molecule has 0 unspecified atom stereocenters. The molecule has 6 aromatic rings. The number of amides is 2. The van der Waals surface area contributed by atoms with Crippen LogP contribution in [-0.4, -0.2) is 129 Å². The molecule has 17 nitrogen and oxygen atoms in total. The van der Waals surface area contributed by atoms with Gasteiger partial charge in [-0.1, -0.05) is 158 Å². The summed E-state index contributed by atoms with van der Waals surface area (Å²) < 4.78 is 67.1. The van der Waals surface area contributed by atoms with E-state index >= 15 is 0 Å². The quantitative estimate of drug-likeness (QED) is 0.0408. The number of carbonyl (C=O) groups is 2. The van der Waals surface area contributed by atoms with Gasteiger partial charge in [-0.3, -0.25) is 33.4 Å². The fourth-order valence-electron chi connectivity index (χ4n) is 7.04. The van der Waals surface area contributed by atoms with Gasteiger partial charge in [0.25, 0.3) is 5.91 Å². The molecule has 2 aromatic heterocycles. The molecule has 0 aliphatic heterocycles. The summed E-state index contributed by atoms with van der Waals surface area (Å²) in [6, 6.07) is 41.0. The van der Waals surface area contributed by atoms with E-state index in [0.717, 1.165) is 108 Å². The molecule has 0 aliphatic rings. The van der Waals surface area contributed by atoms with E-state index in [1.165, 1.54) is 0 Å². The van der Waals surface area contributed by atoms with Crippen LogP contribution in [-0.2, 0) is 34.4 Å². The molecule has 0 saturated carbocycles. The number of aliphatic hydroxyl groups is 1. The summed E-state index contributed by atoms with van der Waals surface area (Å²) in [5.74, 6) is 0.449. The molecular formula is C57H77BrFKN8O9S2. The van der Waals surface area contributed by atoms with Crippen LogP contribution in [0.15, 0.2) is 134 Å². The predicted molar refractivity (Wildman–Crippen MR) is 314 cm³/mol. The predicted octanol–water partition coefficient (Wildman–Crippen LogP) is 5.89. The topological polar surface area (TPSA) is 237 Å². The second kappa shape index (κ2) is 38.2. The van der Waals surface area contributed by atoms with Gasteiger partial charge in [0.15, 0.2) is 0 Å². The van der Waals surface area contributed by atoms with E-state index in [1.54, 1.807) is 25.5 Å². The summed E-state index contributed by atoms with van der Waals surface area (Å²) in [6.07, 6.45) is 8.80. The van der Waals surface area contributed by atoms with E-state index in [4.69, 9.17) is 31.2 Å². The molecule has 426 valence electrons. The number of alkyl halides is 2. The van der Waals surface area contributed by atoms with Crippen LogP contribution in [0.5, 0.6) is 0 Å². The molecule has 4 aromatic carbocycles. The van der Waals surface area contributed by atoms with Gasteiger partial charge in [-0.05, 0) is 53.4 Å². The Kier molecular flexibility index (Phi) is 34.1. The molecule has 0 radical (unpaired) electrons. The molecular weight excluding hydrogens is 1140 g/mol. The number of hydrogen-bond acceptors (Lipinski definition) is 15. The second-order valence-electron chi connectivity index (χ2n) is 18.9. The molecule has 0 aliphatic carbocycles. The largest absolute Gasteiger partial charge is 1.00 e. The van der Waals surface area contributed by atoms with E-state index in [2.05, 4.69) is 77.7 Å². The smallest absolute Gasteiger partial charge is 0.850 e. The Hall–Kier alpha value is -4.59. The Bertz CT molecular complexity index is 2920. The van der Waals surface area contributed by atoms with E-state index in [9.17, 15) is 35.9 Å². The number of nitrogens with zero attached hydrogens (tertiary/aromatic N) is 6. The monoisotopic (exact) mass is 1220 g/mol. The molecule has 0 spiro atoms. The van der Waals surface area contributed by atoms with Gasteiger partial charge in [0.2, 0.25) is 26.0 Å². The first-order chi connectivity index (χ1) is 37.3. The fourth-order valence-corrected chi connectivity index (χ4v) is 8.32. The van der Waals surface area contributed by atoms with E-state index in [0.29, 0.717) is 12.6 Å². The molecule has 6 rings (SSSR count). The first kappa shape index (κ1) is 70.5. The molecule has 0 bridgehead atoms. The minimum atomic E-state index is -3.57. The van der Waals surface area contributed by atoms with Crippen molar-refractivity contribution in [2.45, 2.75) is 91.8 Å². The average Bonchev–Trinajstić information content (AvgIpc) is 3.39. The Morgan fingerprint density at radius 2 is 0.962 bits per heavy atom.